The summed E-state index contributed by atoms with van der Waals surface area (Å²) in [5.41, 5.74) is 2.66. The van der Waals surface area contributed by atoms with E-state index in [1.807, 2.05) is 12.1 Å². The Hall–Kier alpha value is -2.04. The highest BCUT2D eigenvalue weighted by Crippen LogP contribution is 2.25. The molecule has 27 heavy (non-hydrogen) atoms. The van der Waals surface area contributed by atoms with Crippen molar-refractivity contribution in [3.05, 3.63) is 59.7 Å². The van der Waals surface area contributed by atoms with Gasteiger partial charge in [-0.3, -0.25) is 0 Å². The van der Waals surface area contributed by atoms with Gasteiger partial charge in [-0.05, 0) is 61.6 Å². The van der Waals surface area contributed by atoms with Gasteiger partial charge in [0.15, 0.2) is 0 Å². The third-order valence-electron chi connectivity index (χ3n) is 5.37. The number of hydrogen-bond donors (Lipinski definition) is 1. The van der Waals surface area contributed by atoms with Crippen LogP contribution in [0.15, 0.2) is 48.5 Å². The van der Waals surface area contributed by atoms with Crippen molar-refractivity contribution in [3.63, 3.8) is 0 Å². The van der Waals surface area contributed by atoms with E-state index >= 15 is 0 Å². The first-order valence-electron chi connectivity index (χ1n) is 9.99. The summed E-state index contributed by atoms with van der Waals surface area (Å²) < 4.78 is 10.9. The molecule has 0 amide bonds. The van der Waals surface area contributed by atoms with Crippen LogP contribution in [0.25, 0.3) is 0 Å². The summed E-state index contributed by atoms with van der Waals surface area (Å²) in [7, 11) is 3.44. The molecule has 2 aromatic rings. The first kappa shape index (κ1) is 19.7. The highest BCUT2D eigenvalue weighted by molar-refractivity contribution is 5.40. The average Bonchev–Trinajstić information content (AvgIpc) is 2.73. The van der Waals surface area contributed by atoms with Crippen molar-refractivity contribution in [1.82, 2.24) is 10.2 Å². The van der Waals surface area contributed by atoms with Crippen LogP contribution >= 0.6 is 0 Å². The van der Waals surface area contributed by atoms with Gasteiger partial charge in [0.1, 0.15) is 11.5 Å². The molecule has 1 aliphatic rings. The van der Waals surface area contributed by atoms with E-state index in [-0.39, 0.29) is 0 Å². The van der Waals surface area contributed by atoms with Crippen LogP contribution in [-0.4, -0.2) is 51.3 Å². The molecule has 1 atom stereocenters. The van der Waals surface area contributed by atoms with Gasteiger partial charge in [0.25, 0.3) is 0 Å². The van der Waals surface area contributed by atoms with E-state index in [4.69, 9.17) is 9.47 Å². The Morgan fingerprint density at radius 1 is 1.04 bits per heavy atom. The van der Waals surface area contributed by atoms with Crippen LogP contribution in [0.5, 0.6) is 11.5 Å². The Labute approximate surface area is 163 Å². The summed E-state index contributed by atoms with van der Waals surface area (Å²) in [6.45, 7) is 4.52. The smallest absolute Gasteiger partial charge is 0.122 e. The second kappa shape index (κ2) is 10.3. The van der Waals surface area contributed by atoms with Gasteiger partial charge in [0.05, 0.1) is 14.2 Å². The molecule has 0 aromatic heterocycles. The fraction of sp³-hybridized carbons (Fsp3) is 0.478. The van der Waals surface area contributed by atoms with Crippen LogP contribution < -0.4 is 14.8 Å². The number of nitrogens with one attached hydrogen (secondary N) is 1. The fourth-order valence-corrected chi connectivity index (χ4v) is 3.85. The molecular formula is C23H32N2O2. The lowest BCUT2D eigenvalue weighted by Gasteiger charge is -2.34. The van der Waals surface area contributed by atoms with Crippen molar-refractivity contribution < 1.29 is 9.47 Å². The van der Waals surface area contributed by atoms with Crippen molar-refractivity contribution in [2.75, 3.05) is 40.4 Å². The zero-order valence-corrected chi connectivity index (χ0v) is 16.6. The summed E-state index contributed by atoms with van der Waals surface area (Å²) in [6.07, 6.45) is 4.49. The largest absolute Gasteiger partial charge is 0.497 e. The molecule has 1 N–H and O–H groups in total. The van der Waals surface area contributed by atoms with Gasteiger partial charge in [-0.2, -0.15) is 0 Å². The molecule has 1 saturated heterocycles. The number of hydrogen-bond acceptors (Lipinski definition) is 4. The highest BCUT2D eigenvalue weighted by Gasteiger charge is 2.19. The van der Waals surface area contributed by atoms with E-state index in [2.05, 4.69) is 46.6 Å². The maximum atomic E-state index is 5.51. The fourth-order valence-electron chi connectivity index (χ4n) is 3.85. The zero-order valence-electron chi connectivity index (χ0n) is 16.6. The second-order valence-electron chi connectivity index (χ2n) is 7.26. The molecule has 4 heteroatoms. The van der Waals surface area contributed by atoms with Crippen LogP contribution in [0.1, 0.15) is 24.0 Å². The van der Waals surface area contributed by atoms with E-state index in [1.165, 1.54) is 24.1 Å². The molecule has 2 aromatic carbocycles. The predicted molar refractivity (Wildman–Crippen MR) is 111 cm³/mol. The SMILES string of the molecule is COc1ccc(OC)c(CCC2CN(CCCc3ccccc3)CCN2)c1. The molecule has 4 nitrogen and oxygen atoms in total. The van der Waals surface area contributed by atoms with Crippen molar-refractivity contribution in [3.8, 4) is 11.5 Å². The molecule has 0 saturated carbocycles. The maximum absolute atomic E-state index is 5.51. The van der Waals surface area contributed by atoms with Gasteiger partial charge in [0.2, 0.25) is 0 Å². The minimum absolute atomic E-state index is 0.534. The van der Waals surface area contributed by atoms with E-state index in [9.17, 15) is 0 Å². The summed E-state index contributed by atoms with van der Waals surface area (Å²) >= 11 is 0. The lowest BCUT2D eigenvalue weighted by Crippen LogP contribution is -2.50. The zero-order chi connectivity index (χ0) is 18.9. The minimum atomic E-state index is 0.534. The molecule has 1 unspecified atom stereocenters. The molecule has 1 fully saturated rings. The van der Waals surface area contributed by atoms with Gasteiger partial charge in [-0.25, -0.2) is 0 Å². The van der Waals surface area contributed by atoms with Crippen LogP contribution in [0.4, 0.5) is 0 Å². The third-order valence-corrected chi connectivity index (χ3v) is 5.37. The standard InChI is InChI=1S/C23H32N2O2/c1-26-22-12-13-23(27-2)20(17-22)10-11-21-18-25(16-14-24-21)15-6-9-19-7-4-3-5-8-19/h3-5,7-8,12-13,17,21,24H,6,9-11,14-16,18H2,1-2H3. The van der Waals surface area contributed by atoms with Gasteiger partial charge in [-0.15, -0.1) is 0 Å². The molecule has 1 aliphatic heterocycles. The lowest BCUT2D eigenvalue weighted by atomic mass is 10.0. The first-order chi connectivity index (χ1) is 13.3. The lowest BCUT2D eigenvalue weighted by molar-refractivity contribution is 0.192. The Balaban J connectivity index is 1.46. The van der Waals surface area contributed by atoms with Crippen molar-refractivity contribution in [2.45, 2.75) is 31.7 Å². The number of rotatable bonds is 9. The van der Waals surface area contributed by atoms with Gasteiger partial charge in [-0.1, -0.05) is 30.3 Å². The number of piperazine rings is 1. The van der Waals surface area contributed by atoms with E-state index in [0.29, 0.717) is 6.04 Å². The van der Waals surface area contributed by atoms with Crippen molar-refractivity contribution in [1.29, 1.82) is 0 Å². The summed E-state index contributed by atoms with van der Waals surface area (Å²) in [5.74, 6) is 1.84. The quantitative estimate of drug-likeness (QED) is 0.734. The number of aryl methyl sites for hydroxylation is 2. The molecule has 0 bridgehead atoms. The minimum Gasteiger partial charge on any atom is -0.497 e. The number of nitrogens with zero attached hydrogens (tertiary/aromatic N) is 1. The molecule has 146 valence electrons. The predicted octanol–water partition coefficient (Wildman–Crippen LogP) is 3.54. The molecular weight excluding hydrogens is 336 g/mol. The first-order valence-corrected chi connectivity index (χ1v) is 9.99. The van der Waals surface area contributed by atoms with Gasteiger partial charge < -0.3 is 19.7 Å². The summed E-state index contributed by atoms with van der Waals surface area (Å²) in [5, 5.41) is 3.68. The average molecular weight is 369 g/mol. The second-order valence-corrected chi connectivity index (χ2v) is 7.26. The Morgan fingerprint density at radius 2 is 1.89 bits per heavy atom. The Kier molecular flexibility index (Phi) is 7.55. The molecule has 1 heterocycles. The van der Waals surface area contributed by atoms with E-state index < -0.39 is 0 Å². The van der Waals surface area contributed by atoms with Crippen molar-refractivity contribution >= 4 is 0 Å². The van der Waals surface area contributed by atoms with Crippen LogP contribution in [0.2, 0.25) is 0 Å². The highest BCUT2D eigenvalue weighted by atomic mass is 16.5. The Morgan fingerprint density at radius 3 is 2.67 bits per heavy atom. The molecule has 0 spiro atoms. The third kappa shape index (κ3) is 5.98. The maximum Gasteiger partial charge on any atom is 0.122 e. The number of methoxy groups -OCH3 is 2. The molecule has 3 rings (SSSR count). The molecule has 0 radical (unpaired) electrons. The normalized spacial score (nSPS) is 17.6. The monoisotopic (exact) mass is 368 g/mol. The van der Waals surface area contributed by atoms with Crippen molar-refractivity contribution in [2.24, 2.45) is 0 Å². The van der Waals surface area contributed by atoms with E-state index in [1.54, 1.807) is 14.2 Å². The molecule has 0 aliphatic carbocycles. The number of benzene rings is 2. The number of ether oxygens (including phenoxy) is 2. The Bertz CT molecular complexity index is 690. The van der Waals surface area contributed by atoms with Crippen LogP contribution in [0, 0.1) is 0 Å². The summed E-state index contributed by atoms with van der Waals surface area (Å²) in [4.78, 5) is 2.60. The topological polar surface area (TPSA) is 33.7 Å². The van der Waals surface area contributed by atoms with Gasteiger partial charge >= 0.3 is 0 Å². The summed E-state index contributed by atoms with van der Waals surface area (Å²) in [6, 6.07) is 17.4. The van der Waals surface area contributed by atoms with Gasteiger partial charge in [0, 0.05) is 25.7 Å². The van der Waals surface area contributed by atoms with E-state index in [0.717, 1.165) is 50.4 Å². The van der Waals surface area contributed by atoms with Crippen LogP contribution in [-0.2, 0) is 12.8 Å². The van der Waals surface area contributed by atoms with Crippen LogP contribution in [0.3, 0.4) is 0 Å².